The summed E-state index contributed by atoms with van der Waals surface area (Å²) in [7, 11) is 1.63. The molecule has 0 radical (unpaired) electrons. The van der Waals surface area contributed by atoms with E-state index in [2.05, 4.69) is 5.32 Å². The normalized spacial score (nSPS) is 16.2. The summed E-state index contributed by atoms with van der Waals surface area (Å²) >= 11 is 0. The molecule has 5 nitrogen and oxygen atoms in total. The maximum atomic E-state index is 12.9. The molecule has 1 unspecified atom stereocenters. The first-order chi connectivity index (χ1) is 13.1. The maximum absolute atomic E-state index is 12.9. The third kappa shape index (κ3) is 5.61. The Labute approximate surface area is 159 Å². The van der Waals surface area contributed by atoms with E-state index in [1.54, 1.807) is 19.2 Å². The third-order valence-corrected chi connectivity index (χ3v) is 4.78. The van der Waals surface area contributed by atoms with Crippen molar-refractivity contribution in [3.63, 3.8) is 0 Å². The number of amides is 2. The van der Waals surface area contributed by atoms with E-state index in [-0.39, 0.29) is 11.8 Å². The third-order valence-electron chi connectivity index (χ3n) is 4.78. The van der Waals surface area contributed by atoms with Gasteiger partial charge in [0, 0.05) is 19.6 Å². The van der Waals surface area contributed by atoms with E-state index in [4.69, 9.17) is 9.47 Å². The van der Waals surface area contributed by atoms with Gasteiger partial charge < -0.3 is 19.7 Å². The molecule has 1 heterocycles. The van der Waals surface area contributed by atoms with Crippen molar-refractivity contribution in [3.05, 3.63) is 59.9 Å². The number of benzene rings is 2. The zero-order chi connectivity index (χ0) is 19.1. The highest BCUT2D eigenvalue weighted by molar-refractivity contribution is 5.74. The molecule has 2 aromatic rings. The molecular weight excluding hydrogens is 347 g/mol. The number of rotatable bonds is 7. The van der Waals surface area contributed by atoms with E-state index >= 15 is 0 Å². The lowest BCUT2D eigenvalue weighted by Crippen LogP contribution is -2.38. The molecule has 3 rings (SSSR count). The number of carbonyl (C=O) groups excluding carboxylic acids is 1. The average molecular weight is 372 g/mol. The first kappa shape index (κ1) is 19.0. The van der Waals surface area contributed by atoms with Crippen molar-refractivity contribution in [2.24, 2.45) is 5.92 Å². The second-order valence-electron chi connectivity index (χ2n) is 6.70. The van der Waals surface area contributed by atoms with E-state index < -0.39 is 0 Å². The summed E-state index contributed by atoms with van der Waals surface area (Å²) in [4.78, 5) is 14.2. The van der Waals surface area contributed by atoms with Crippen LogP contribution in [0.25, 0.3) is 0 Å². The van der Waals surface area contributed by atoms with Gasteiger partial charge in [0.1, 0.15) is 17.3 Å². The fourth-order valence-electron chi connectivity index (χ4n) is 3.16. The molecule has 0 aliphatic carbocycles. The Morgan fingerprint density at radius 1 is 1.15 bits per heavy atom. The molecule has 0 spiro atoms. The Bertz CT molecular complexity index is 734. The fraction of sp³-hybridized carbons (Fsp3) is 0.381. The second kappa shape index (κ2) is 9.26. The van der Waals surface area contributed by atoms with Gasteiger partial charge >= 0.3 is 6.03 Å². The van der Waals surface area contributed by atoms with Gasteiger partial charge in [0.25, 0.3) is 0 Å². The summed E-state index contributed by atoms with van der Waals surface area (Å²) in [5.41, 5.74) is 1.03. The molecule has 1 atom stereocenters. The largest absolute Gasteiger partial charge is 0.497 e. The summed E-state index contributed by atoms with van der Waals surface area (Å²) in [5.74, 6) is 1.63. The van der Waals surface area contributed by atoms with Gasteiger partial charge in [0.05, 0.1) is 13.7 Å². The Kier molecular flexibility index (Phi) is 6.52. The van der Waals surface area contributed by atoms with Crippen LogP contribution in [0, 0.1) is 11.7 Å². The molecule has 0 saturated carbocycles. The molecular formula is C21H25FN2O3. The molecule has 27 heavy (non-hydrogen) atoms. The quantitative estimate of drug-likeness (QED) is 0.804. The fourth-order valence-corrected chi connectivity index (χ4v) is 3.16. The van der Waals surface area contributed by atoms with Crippen LogP contribution in [0.15, 0.2) is 48.5 Å². The van der Waals surface area contributed by atoms with Crippen molar-refractivity contribution in [1.82, 2.24) is 10.2 Å². The van der Waals surface area contributed by atoms with Gasteiger partial charge in [-0.05, 0) is 60.7 Å². The van der Waals surface area contributed by atoms with E-state index in [0.717, 1.165) is 37.2 Å². The zero-order valence-corrected chi connectivity index (χ0v) is 15.5. The number of carbonyl (C=O) groups is 1. The number of hydrogen-bond acceptors (Lipinski definition) is 3. The molecule has 1 fully saturated rings. The van der Waals surface area contributed by atoms with E-state index in [9.17, 15) is 9.18 Å². The Morgan fingerprint density at radius 2 is 1.85 bits per heavy atom. The van der Waals surface area contributed by atoms with E-state index in [1.807, 2.05) is 29.2 Å². The smallest absolute Gasteiger partial charge is 0.317 e. The number of methoxy groups -OCH3 is 1. The number of nitrogens with one attached hydrogen (secondary N) is 1. The zero-order valence-electron chi connectivity index (χ0n) is 15.5. The van der Waals surface area contributed by atoms with Crippen LogP contribution in [0.5, 0.6) is 11.5 Å². The van der Waals surface area contributed by atoms with E-state index in [0.29, 0.717) is 24.8 Å². The number of urea groups is 1. The molecule has 1 aliphatic rings. The van der Waals surface area contributed by atoms with Crippen LogP contribution in [-0.2, 0) is 6.54 Å². The number of hydrogen-bond donors (Lipinski definition) is 1. The Balaban J connectivity index is 1.36. The lowest BCUT2D eigenvalue weighted by atomic mass is 10.1. The maximum Gasteiger partial charge on any atom is 0.317 e. The SMILES string of the molecule is COc1ccc(CNC(=O)N2CCC(CCOc3ccc(F)cc3)C2)cc1. The standard InChI is InChI=1S/C21H25FN2O3/c1-26-19-6-2-16(3-7-19)14-23-21(25)24-12-10-17(15-24)11-13-27-20-8-4-18(22)5-9-20/h2-9,17H,10-15H2,1H3,(H,23,25). The van der Waals surface area contributed by atoms with Crippen molar-refractivity contribution in [1.29, 1.82) is 0 Å². The van der Waals surface area contributed by atoms with Gasteiger partial charge in [0.2, 0.25) is 0 Å². The number of ether oxygens (including phenoxy) is 2. The topological polar surface area (TPSA) is 50.8 Å². The monoisotopic (exact) mass is 372 g/mol. The predicted molar refractivity (Wildman–Crippen MR) is 101 cm³/mol. The van der Waals surface area contributed by atoms with Gasteiger partial charge in [0.15, 0.2) is 0 Å². The van der Waals surface area contributed by atoms with Gasteiger partial charge in [-0.2, -0.15) is 0 Å². The molecule has 1 aliphatic heterocycles. The first-order valence-corrected chi connectivity index (χ1v) is 9.18. The van der Waals surface area contributed by atoms with Gasteiger partial charge in [-0.3, -0.25) is 0 Å². The van der Waals surface area contributed by atoms with Crippen LogP contribution in [-0.4, -0.2) is 37.7 Å². The minimum absolute atomic E-state index is 0.0345. The van der Waals surface area contributed by atoms with Crippen LogP contribution in [0.4, 0.5) is 9.18 Å². The number of likely N-dealkylation sites (tertiary alicyclic amines) is 1. The van der Waals surface area contributed by atoms with Crippen LogP contribution in [0.1, 0.15) is 18.4 Å². The second-order valence-corrected chi connectivity index (χ2v) is 6.70. The van der Waals surface area contributed by atoms with Gasteiger partial charge in [-0.1, -0.05) is 12.1 Å². The van der Waals surface area contributed by atoms with Crippen molar-refractivity contribution >= 4 is 6.03 Å². The summed E-state index contributed by atoms with van der Waals surface area (Å²) in [6, 6.07) is 13.7. The lowest BCUT2D eigenvalue weighted by molar-refractivity contribution is 0.204. The van der Waals surface area contributed by atoms with Crippen LogP contribution in [0.2, 0.25) is 0 Å². The van der Waals surface area contributed by atoms with Crippen molar-refractivity contribution in [3.8, 4) is 11.5 Å². The summed E-state index contributed by atoms with van der Waals surface area (Å²) < 4.78 is 23.7. The molecule has 0 aromatic heterocycles. The molecule has 6 heteroatoms. The van der Waals surface area contributed by atoms with Gasteiger partial charge in [-0.25, -0.2) is 9.18 Å². The average Bonchev–Trinajstić information content (AvgIpc) is 3.17. The molecule has 1 saturated heterocycles. The van der Waals surface area contributed by atoms with Crippen LogP contribution < -0.4 is 14.8 Å². The Hall–Kier alpha value is -2.76. The van der Waals surface area contributed by atoms with Crippen LogP contribution >= 0.6 is 0 Å². The summed E-state index contributed by atoms with van der Waals surface area (Å²) in [6.45, 7) is 2.56. The summed E-state index contributed by atoms with van der Waals surface area (Å²) in [5, 5.41) is 2.97. The molecule has 144 valence electrons. The lowest BCUT2D eigenvalue weighted by Gasteiger charge is -2.17. The molecule has 2 aromatic carbocycles. The molecule has 1 N–H and O–H groups in total. The van der Waals surface area contributed by atoms with Crippen molar-refractivity contribution < 1.29 is 18.7 Å². The highest BCUT2D eigenvalue weighted by Gasteiger charge is 2.25. The first-order valence-electron chi connectivity index (χ1n) is 9.18. The van der Waals surface area contributed by atoms with E-state index in [1.165, 1.54) is 12.1 Å². The minimum atomic E-state index is -0.269. The summed E-state index contributed by atoms with van der Waals surface area (Å²) in [6.07, 6.45) is 1.85. The molecule has 0 bridgehead atoms. The predicted octanol–water partition coefficient (Wildman–Crippen LogP) is 3.83. The molecule has 2 amide bonds. The minimum Gasteiger partial charge on any atom is -0.497 e. The number of halogens is 1. The Morgan fingerprint density at radius 3 is 2.56 bits per heavy atom. The van der Waals surface area contributed by atoms with Gasteiger partial charge in [-0.15, -0.1) is 0 Å². The van der Waals surface area contributed by atoms with Crippen molar-refractivity contribution in [2.45, 2.75) is 19.4 Å². The highest BCUT2D eigenvalue weighted by Crippen LogP contribution is 2.21. The van der Waals surface area contributed by atoms with Crippen molar-refractivity contribution in [2.75, 3.05) is 26.8 Å². The van der Waals surface area contributed by atoms with Crippen LogP contribution in [0.3, 0.4) is 0 Å². The number of nitrogens with zero attached hydrogens (tertiary/aromatic N) is 1. The highest BCUT2D eigenvalue weighted by atomic mass is 19.1.